The molecule has 0 aromatic rings. The second kappa shape index (κ2) is 4.54. The van der Waals surface area contributed by atoms with Gasteiger partial charge in [-0.1, -0.05) is 0 Å². The molecule has 1 unspecified atom stereocenters. The summed E-state index contributed by atoms with van der Waals surface area (Å²) in [5.41, 5.74) is 5.35. The van der Waals surface area contributed by atoms with Gasteiger partial charge in [-0.3, -0.25) is 4.79 Å². The zero-order chi connectivity index (χ0) is 7.56. The Labute approximate surface area is 72.1 Å². The highest BCUT2D eigenvalue weighted by Crippen LogP contribution is 2.01. The normalized spacial score (nSPS) is 24.7. The van der Waals surface area contributed by atoms with E-state index in [0.29, 0.717) is 13.1 Å². The van der Waals surface area contributed by atoms with E-state index in [9.17, 15) is 4.79 Å². The van der Waals surface area contributed by atoms with Crippen LogP contribution in [0.1, 0.15) is 0 Å². The number of rotatable bonds is 1. The zero-order valence-corrected chi connectivity index (χ0v) is 7.26. The molecule has 1 heterocycles. The Morgan fingerprint density at radius 2 is 2.45 bits per heavy atom. The summed E-state index contributed by atoms with van der Waals surface area (Å²) < 4.78 is 5.09. The van der Waals surface area contributed by atoms with E-state index in [1.54, 1.807) is 11.9 Å². The van der Waals surface area contributed by atoms with E-state index < -0.39 is 0 Å². The van der Waals surface area contributed by atoms with Crippen LogP contribution < -0.4 is 5.73 Å². The number of nitrogens with zero attached hydrogens (tertiary/aromatic N) is 1. The molecule has 1 rings (SSSR count). The average Bonchev–Trinajstić information content (AvgIpc) is 1.95. The van der Waals surface area contributed by atoms with Gasteiger partial charge in [0.25, 0.3) is 0 Å². The van der Waals surface area contributed by atoms with Crippen LogP contribution in [0, 0.1) is 0 Å². The Morgan fingerprint density at radius 3 is 2.91 bits per heavy atom. The van der Waals surface area contributed by atoms with Crippen LogP contribution in [0.2, 0.25) is 0 Å². The number of ether oxygens (including phenoxy) is 1. The van der Waals surface area contributed by atoms with Gasteiger partial charge in [-0.2, -0.15) is 0 Å². The number of likely N-dealkylation sites (N-methyl/N-ethyl adjacent to an activating group) is 1. The van der Waals surface area contributed by atoms with Crippen LogP contribution in [-0.4, -0.2) is 43.7 Å². The molecular weight excluding hydrogens is 168 g/mol. The molecule has 1 aliphatic heterocycles. The van der Waals surface area contributed by atoms with E-state index in [4.69, 9.17) is 10.5 Å². The predicted octanol–water partition coefficient (Wildman–Crippen LogP) is -0.776. The number of amides is 1. The highest BCUT2D eigenvalue weighted by molar-refractivity contribution is 5.85. The summed E-state index contributed by atoms with van der Waals surface area (Å²) >= 11 is 0. The molecule has 0 spiro atoms. The van der Waals surface area contributed by atoms with E-state index in [0.717, 1.165) is 0 Å². The van der Waals surface area contributed by atoms with Gasteiger partial charge in [0.1, 0.15) is 6.61 Å². The van der Waals surface area contributed by atoms with Crippen LogP contribution in [0.3, 0.4) is 0 Å². The lowest BCUT2D eigenvalue weighted by atomic mass is 10.3. The summed E-state index contributed by atoms with van der Waals surface area (Å²) in [7, 11) is 1.76. The molecule has 0 radical (unpaired) electrons. The Morgan fingerprint density at radius 1 is 1.82 bits per heavy atom. The summed E-state index contributed by atoms with van der Waals surface area (Å²) in [6, 6.07) is 0. The first-order valence-electron chi connectivity index (χ1n) is 3.29. The largest absolute Gasteiger partial charge is 0.365 e. The fraction of sp³-hybridized carbons (Fsp3) is 0.833. The first-order valence-corrected chi connectivity index (χ1v) is 3.29. The fourth-order valence-electron chi connectivity index (χ4n) is 0.902. The second-order valence-electron chi connectivity index (χ2n) is 2.44. The van der Waals surface area contributed by atoms with Crippen LogP contribution in [0.4, 0.5) is 0 Å². The van der Waals surface area contributed by atoms with Crippen molar-refractivity contribution in [1.82, 2.24) is 4.90 Å². The minimum Gasteiger partial charge on any atom is -0.365 e. The molecule has 1 amide bonds. The molecule has 4 nitrogen and oxygen atoms in total. The van der Waals surface area contributed by atoms with Gasteiger partial charge in [0, 0.05) is 20.1 Å². The molecule has 1 atom stereocenters. The summed E-state index contributed by atoms with van der Waals surface area (Å²) in [6.07, 6.45) is 0.0303. The predicted molar refractivity (Wildman–Crippen MR) is 43.7 cm³/mol. The number of carbonyl (C=O) groups is 1. The van der Waals surface area contributed by atoms with Crippen molar-refractivity contribution in [2.75, 3.05) is 26.7 Å². The SMILES string of the molecule is CN1CC(CN)OCC1=O.Cl. The van der Waals surface area contributed by atoms with Crippen LogP contribution in [-0.2, 0) is 9.53 Å². The number of morpholine rings is 1. The molecule has 0 aromatic heterocycles. The Kier molecular flexibility index (Phi) is 4.40. The maximum absolute atomic E-state index is 10.8. The molecule has 5 heteroatoms. The van der Waals surface area contributed by atoms with Gasteiger partial charge in [-0.15, -0.1) is 12.4 Å². The van der Waals surface area contributed by atoms with E-state index in [2.05, 4.69) is 0 Å². The molecule has 1 fully saturated rings. The number of hydrogen-bond donors (Lipinski definition) is 1. The van der Waals surface area contributed by atoms with E-state index in [-0.39, 0.29) is 31.0 Å². The molecule has 0 aromatic carbocycles. The van der Waals surface area contributed by atoms with Crippen LogP contribution >= 0.6 is 12.4 Å². The van der Waals surface area contributed by atoms with Crippen molar-refractivity contribution in [3.63, 3.8) is 0 Å². The molecule has 11 heavy (non-hydrogen) atoms. The summed E-state index contributed by atoms with van der Waals surface area (Å²) in [5.74, 6) is 0.0321. The monoisotopic (exact) mass is 180 g/mol. The van der Waals surface area contributed by atoms with Gasteiger partial charge < -0.3 is 15.4 Å². The molecule has 0 saturated carbocycles. The van der Waals surface area contributed by atoms with Crippen LogP contribution in [0.15, 0.2) is 0 Å². The highest BCUT2D eigenvalue weighted by atomic mass is 35.5. The van der Waals surface area contributed by atoms with Crippen molar-refractivity contribution in [2.45, 2.75) is 6.10 Å². The molecule has 1 saturated heterocycles. The lowest BCUT2D eigenvalue weighted by Crippen LogP contribution is -2.47. The molecule has 2 N–H and O–H groups in total. The third kappa shape index (κ3) is 2.65. The topological polar surface area (TPSA) is 55.6 Å². The standard InChI is InChI=1S/C6H12N2O2.ClH/c1-8-3-5(2-7)10-4-6(8)9;/h5H,2-4,7H2,1H3;1H. The Balaban J connectivity index is 0.000001000. The van der Waals surface area contributed by atoms with Gasteiger partial charge in [0.2, 0.25) is 5.91 Å². The van der Waals surface area contributed by atoms with Gasteiger partial charge in [-0.05, 0) is 0 Å². The van der Waals surface area contributed by atoms with Crippen molar-refractivity contribution in [3.05, 3.63) is 0 Å². The minimum absolute atomic E-state index is 0. The highest BCUT2D eigenvalue weighted by Gasteiger charge is 2.21. The lowest BCUT2D eigenvalue weighted by molar-refractivity contribution is -0.146. The summed E-state index contributed by atoms with van der Waals surface area (Å²) in [6.45, 7) is 1.28. The second-order valence-corrected chi connectivity index (χ2v) is 2.44. The maximum atomic E-state index is 10.8. The molecule has 0 bridgehead atoms. The van der Waals surface area contributed by atoms with Crippen molar-refractivity contribution in [1.29, 1.82) is 0 Å². The lowest BCUT2D eigenvalue weighted by Gasteiger charge is -2.28. The Bertz CT molecular complexity index is 143. The van der Waals surface area contributed by atoms with Gasteiger partial charge in [0.15, 0.2) is 0 Å². The summed E-state index contributed by atoms with van der Waals surface area (Å²) in [5, 5.41) is 0. The number of nitrogens with two attached hydrogens (primary N) is 1. The number of halogens is 1. The van der Waals surface area contributed by atoms with Crippen LogP contribution in [0.5, 0.6) is 0 Å². The fourth-order valence-corrected chi connectivity index (χ4v) is 0.902. The van der Waals surface area contributed by atoms with Gasteiger partial charge in [-0.25, -0.2) is 0 Å². The van der Waals surface area contributed by atoms with Crippen LogP contribution in [0.25, 0.3) is 0 Å². The molecule has 66 valence electrons. The average molecular weight is 181 g/mol. The zero-order valence-electron chi connectivity index (χ0n) is 6.45. The third-order valence-corrected chi connectivity index (χ3v) is 1.61. The number of hydrogen-bond acceptors (Lipinski definition) is 3. The van der Waals surface area contributed by atoms with E-state index >= 15 is 0 Å². The van der Waals surface area contributed by atoms with E-state index in [1.165, 1.54) is 0 Å². The van der Waals surface area contributed by atoms with Crippen molar-refractivity contribution < 1.29 is 9.53 Å². The third-order valence-electron chi connectivity index (χ3n) is 1.61. The molecule has 0 aliphatic carbocycles. The van der Waals surface area contributed by atoms with Gasteiger partial charge in [0.05, 0.1) is 6.10 Å². The number of carbonyl (C=O) groups excluding carboxylic acids is 1. The van der Waals surface area contributed by atoms with Crippen molar-refractivity contribution in [2.24, 2.45) is 5.73 Å². The first-order chi connectivity index (χ1) is 4.74. The first kappa shape index (κ1) is 10.7. The minimum atomic E-state index is 0. The Hall–Kier alpha value is -0.320. The van der Waals surface area contributed by atoms with Gasteiger partial charge >= 0.3 is 0 Å². The molecule has 1 aliphatic rings. The molecular formula is C6H13ClN2O2. The quantitative estimate of drug-likeness (QED) is 0.576. The van der Waals surface area contributed by atoms with Crippen molar-refractivity contribution in [3.8, 4) is 0 Å². The van der Waals surface area contributed by atoms with E-state index in [1.807, 2.05) is 0 Å². The maximum Gasteiger partial charge on any atom is 0.248 e. The summed E-state index contributed by atoms with van der Waals surface area (Å²) in [4.78, 5) is 12.5. The van der Waals surface area contributed by atoms with Crippen molar-refractivity contribution >= 4 is 18.3 Å². The smallest absolute Gasteiger partial charge is 0.248 e.